The van der Waals surface area contributed by atoms with E-state index in [9.17, 15) is 0 Å². The van der Waals surface area contributed by atoms with Crippen LogP contribution in [0, 0.1) is 0 Å². The molecule has 0 fully saturated rings. The SMILES string of the molecule is C=CCON=C1Oc2ccccc2C1=NOCCO. The molecule has 0 radical (unpaired) electrons. The van der Waals surface area contributed by atoms with Crippen molar-refractivity contribution >= 4 is 11.6 Å². The standard InChI is InChI=1S/C13H14N2O4/c1-2-8-17-15-13-12(14-18-9-7-16)10-5-3-4-6-11(10)19-13/h2-6,16H,1,7-9H2. The van der Waals surface area contributed by atoms with Gasteiger partial charge in [0, 0.05) is 0 Å². The van der Waals surface area contributed by atoms with Gasteiger partial charge in [0.05, 0.1) is 12.2 Å². The van der Waals surface area contributed by atoms with Gasteiger partial charge in [-0.05, 0) is 17.3 Å². The fourth-order valence-electron chi connectivity index (χ4n) is 1.47. The van der Waals surface area contributed by atoms with Crippen LogP contribution in [-0.4, -0.2) is 36.5 Å². The van der Waals surface area contributed by atoms with Crippen LogP contribution in [0.2, 0.25) is 0 Å². The van der Waals surface area contributed by atoms with Crippen LogP contribution in [0.4, 0.5) is 0 Å². The van der Waals surface area contributed by atoms with Gasteiger partial charge in [0.15, 0.2) is 5.71 Å². The van der Waals surface area contributed by atoms with Crippen LogP contribution in [0.1, 0.15) is 5.56 Å². The Morgan fingerprint density at radius 2 is 2.11 bits per heavy atom. The van der Waals surface area contributed by atoms with E-state index in [1.165, 1.54) is 0 Å². The Morgan fingerprint density at radius 3 is 2.89 bits per heavy atom. The first-order chi connectivity index (χ1) is 9.36. The molecule has 0 spiro atoms. The predicted molar refractivity (Wildman–Crippen MR) is 70.2 cm³/mol. The monoisotopic (exact) mass is 262 g/mol. The van der Waals surface area contributed by atoms with E-state index in [-0.39, 0.29) is 25.7 Å². The van der Waals surface area contributed by atoms with E-state index in [4.69, 9.17) is 19.5 Å². The van der Waals surface area contributed by atoms with Crippen LogP contribution in [0.3, 0.4) is 0 Å². The molecule has 1 heterocycles. The van der Waals surface area contributed by atoms with Crippen molar-refractivity contribution < 1.29 is 19.5 Å². The molecule has 1 aliphatic heterocycles. The maximum atomic E-state index is 8.68. The molecule has 0 aromatic heterocycles. The fourth-order valence-corrected chi connectivity index (χ4v) is 1.47. The Morgan fingerprint density at radius 1 is 1.26 bits per heavy atom. The van der Waals surface area contributed by atoms with Crippen molar-refractivity contribution in [2.24, 2.45) is 10.3 Å². The number of oxime groups is 2. The van der Waals surface area contributed by atoms with Crippen molar-refractivity contribution in [1.29, 1.82) is 0 Å². The van der Waals surface area contributed by atoms with E-state index in [0.717, 1.165) is 5.56 Å². The van der Waals surface area contributed by atoms with Crippen LogP contribution in [0.15, 0.2) is 47.2 Å². The zero-order valence-electron chi connectivity index (χ0n) is 10.3. The Kier molecular flexibility index (Phi) is 4.52. The molecule has 0 unspecified atom stereocenters. The molecule has 1 aromatic carbocycles. The molecular weight excluding hydrogens is 248 g/mol. The van der Waals surface area contributed by atoms with Crippen LogP contribution in [0.5, 0.6) is 5.75 Å². The second-order valence-electron chi connectivity index (χ2n) is 3.58. The lowest BCUT2D eigenvalue weighted by Gasteiger charge is -1.99. The van der Waals surface area contributed by atoms with Gasteiger partial charge in [-0.3, -0.25) is 0 Å². The molecule has 19 heavy (non-hydrogen) atoms. The molecule has 0 aliphatic carbocycles. The summed E-state index contributed by atoms with van der Waals surface area (Å²) in [5, 5.41) is 16.4. The number of rotatable bonds is 6. The third-order valence-electron chi connectivity index (χ3n) is 2.23. The highest BCUT2D eigenvalue weighted by Crippen LogP contribution is 2.26. The van der Waals surface area contributed by atoms with Crippen LogP contribution < -0.4 is 4.74 Å². The summed E-state index contributed by atoms with van der Waals surface area (Å²) >= 11 is 0. The minimum atomic E-state index is -0.112. The van der Waals surface area contributed by atoms with Crippen molar-refractivity contribution in [3.8, 4) is 5.75 Å². The summed E-state index contributed by atoms with van der Waals surface area (Å²) in [6.07, 6.45) is 1.57. The van der Waals surface area contributed by atoms with Crippen molar-refractivity contribution in [3.05, 3.63) is 42.5 Å². The van der Waals surface area contributed by atoms with E-state index in [0.29, 0.717) is 11.5 Å². The van der Waals surface area contributed by atoms with Crippen LogP contribution in [0.25, 0.3) is 0 Å². The first-order valence-electron chi connectivity index (χ1n) is 5.76. The third-order valence-corrected chi connectivity index (χ3v) is 2.23. The predicted octanol–water partition coefficient (Wildman–Crippen LogP) is 1.31. The molecule has 0 saturated heterocycles. The first kappa shape index (κ1) is 13.1. The maximum Gasteiger partial charge on any atom is 0.286 e. The smallest absolute Gasteiger partial charge is 0.286 e. The van der Waals surface area contributed by atoms with Gasteiger partial charge < -0.3 is 19.5 Å². The summed E-state index contributed by atoms with van der Waals surface area (Å²) < 4.78 is 5.51. The van der Waals surface area contributed by atoms with Gasteiger partial charge in [-0.25, -0.2) is 0 Å². The summed E-state index contributed by atoms with van der Waals surface area (Å²) in [7, 11) is 0. The van der Waals surface area contributed by atoms with Gasteiger partial charge in [-0.15, -0.1) is 0 Å². The molecule has 1 N–H and O–H groups in total. The number of hydrogen-bond acceptors (Lipinski definition) is 6. The highest BCUT2D eigenvalue weighted by Gasteiger charge is 2.28. The molecule has 1 aliphatic rings. The van der Waals surface area contributed by atoms with Gasteiger partial charge in [0.25, 0.3) is 5.90 Å². The molecule has 0 amide bonds. The van der Waals surface area contributed by atoms with E-state index in [1.807, 2.05) is 18.2 Å². The lowest BCUT2D eigenvalue weighted by molar-refractivity contribution is 0.0990. The summed E-state index contributed by atoms with van der Waals surface area (Å²) in [5.41, 5.74) is 1.20. The van der Waals surface area contributed by atoms with Crippen LogP contribution >= 0.6 is 0 Å². The van der Waals surface area contributed by atoms with Gasteiger partial charge in [-0.1, -0.05) is 29.9 Å². The molecule has 100 valence electrons. The van der Waals surface area contributed by atoms with Gasteiger partial charge in [-0.2, -0.15) is 0 Å². The van der Waals surface area contributed by atoms with Crippen molar-refractivity contribution in [2.45, 2.75) is 0 Å². The first-order valence-corrected chi connectivity index (χ1v) is 5.76. The Balaban J connectivity index is 2.23. The Bertz CT molecular complexity index is 511. The average Bonchev–Trinajstić information content (AvgIpc) is 2.78. The molecule has 2 rings (SSSR count). The van der Waals surface area contributed by atoms with E-state index in [2.05, 4.69) is 16.9 Å². The normalized spacial score (nSPS) is 17.1. The molecule has 0 bridgehead atoms. The quantitative estimate of drug-likeness (QED) is 0.476. The lowest BCUT2D eigenvalue weighted by atomic mass is 10.1. The second-order valence-corrected chi connectivity index (χ2v) is 3.58. The molecule has 6 heteroatoms. The summed E-state index contributed by atoms with van der Waals surface area (Å²) in [6.45, 7) is 3.79. The van der Waals surface area contributed by atoms with Crippen molar-refractivity contribution in [3.63, 3.8) is 0 Å². The molecular formula is C13H14N2O4. The minimum Gasteiger partial charge on any atom is -0.434 e. The number of fused-ring (bicyclic) bond motifs is 1. The minimum absolute atomic E-state index is 0.104. The van der Waals surface area contributed by atoms with E-state index < -0.39 is 0 Å². The Labute approximate surface area is 110 Å². The number of benzene rings is 1. The van der Waals surface area contributed by atoms with Crippen LogP contribution in [-0.2, 0) is 9.68 Å². The highest BCUT2D eigenvalue weighted by atomic mass is 16.7. The highest BCUT2D eigenvalue weighted by molar-refractivity contribution is 6.48. The number of nitrogens with zero attached hydrogens (tertiary/aromatic N) is 2. The summed E-state index contributed by atoms with van der Waals surface area (Å²) in [4.78, 5) is 9.96. The maximum absolute atomic E-state index is 8.68. The van der Waals surface area contributed by atoms with Crippen molar-refractivity contribution in [1.82, 2.24) is 0 Å². The third kappa shape index (κ3) is 3.11. The van der Waals surface area contributed by atoms with Crippen molar-refractivity contribution in [2.75, 3.05) is 19.8 Å². The Hall–Kier alpha value is -2.34. The largest absolute Gasteiger partial charge is 0.434 e. The number of ether oxygens (including phenoxy) is 1. The summed E-state index contributed by atoms with van der Waals surface area (Å²) in [6, 6.07) is 7.34. The number of aliphatic hydroxyl groups excluding tert-OH is 1. The number of hydrogen-bond donors (Lipinski definition) is 1. The zero-order valence-corrected chi connectivity index (χ0v) is 10.3. The summed E-state index contributed by atoms with van der Waals surface area (Å²) in [5.74, 6) is 0.857. The molecule has 0 atom stereocenters. The van der Waals surface area contributed by atoms with E-state index in [1.54, 1.807) is 12.1 Å². The molecule has 1 aromatic rings. The molecule has 6 nitrogen and oxygen atoms in total. The topological polar surface area (TPSA) is 72.6 Å². The fraction of sp³-hybridized carbons (Fsp3) is 0.231. The lowest BCUT2D eigenvalue weighted by Crippen LogP contribution is -2.15. The number of aliphatic hydroxyl groups is 1. The zero-order chi connectivity index (χ0) is 13.5. The average molecular weight is 262 g/mol. The number of para-hydroxylation sites is 1. The van der Waals surface area contributed by atoms with Gasteiger partial charge >= 0.3 is 0 Å². The second kappa shape index (κ2) is 6.55. The van der Waals surface area contributed by atoms with Gasteiger partial charge in [0.2, 0.25) is 0 Å². The van der Waals surface area contributed by atoms with E-state index >= 15 is 0 Å². The van der Waals surface area contributed by atoms with Gasteiger partial charge in [0.1, 0.15) is 19.0 Å². The molecule has 0 saturated carbocycles.